The van der Waals surface area contributed by atoms with E-state index in [0.29, 0.717) is 24.3 Å². The normalized spacial score (nSPS) is 14.2. The number of nitrogens with one attached hydrogen (secondary N) is 2. The molecule has 1 saturated carbocycles. The predicted molar refractivity (Wildman–Crippen MR) is 106 cm³/mol. The number of ether oxygens (including phenoxy) is 1. The van der Waals surface area contributed by atoms with Gasteiger partial charge in [0.25, 0.3) is 0 Å². The number of hydrogen-bond donors (Lipinski definition) is 2. The van der Waals surface area contributed by atoms with Crippen molar-refractivity contribution in [3.63, 3.8) is 0 Å². The average molecular weight is 372 g/mol. The molecule has 5 nitrogen and oxygen atoms in total. The quantitative estimate of drug-likeness (QED) is 0.731. The van der Waals surface area contributed by atoms with E-state index < -0.39 is 0 Å². The molecule has 2 amide bonds. The molecule has 0 aliphatic heterocycles. The van der Waals surface area contributed by atoms with Gasteiger partial charge in [0, 0.05) is 28.5 Å². The molecule has 3 rings (SSSR count). The van der Waals surface area contributed by atoms with Gasteiger partial charge in [-0.15, -0.1) is 11.8 Å². The first-order valence-corrected chi connectivity index (χ1v) is 10.0. The molecule has 1 aromatic heterocycles. The van der Waals surface area contributed by atoms with Crippen molar-refractivity contribution >= 4 is 23.5 Å². The maximum atomic E-state index is 12.4. The summed E-state index contributed by atoms with van der Waals surface area (Å²) >= 11 is 1.87. The van der Waals surface area contributed by atoms with E-state index in [1.807, 2.05) is 49.0 Å². The Balaban J connectivity index is 1.58. The largest absolute Gasteiger partial charge is 0.478 e. The minimum absolute atomic E-state index is 0.226. The van der Waals surface area contributed by atoms with Crippen LogP contribution in [0.25, 0.3) is 0 Å². The standard InChI is InChI=1S/C20H25N3O2S/c1-2-25-19-15(8-7-13-21-19)14-22-20(24)23-17-11-5-6-12-18(17)26-16-9-3-4-10-16/h5-8,11-13,16H,2-4,9-10,14H2,1H3,(H2,22,23,24). The fraction of sp³-hybridized carbons (Fsp3) is 0.400. The fourth-order valence-corrected chi connectivity index (χ4v) is 4.36. The molecule has 0 unspecified atom stereocenters. The number of nitrogens with zero attached hydrogens (tertiary/aromatic N) is 1. The number of aromatic nitrogens is 1. The van der Waals surface area contributed by atoms with Crippen LogP contribution in [0.3, 0.4) is 0 Å². The number of urea groups is 1. The molecule has 1 heterocycles. The van der Waals surface area contributed by atoms with Crippen molar-refractivity contribution in [1.29, 1.82) is 0 Å². The minimum atomic E-state index is -0.226. The molecule has 0 bridgehead atoms. The van der Waals surface area contributed by atoms with Gasteiger partial charge < -0.3 is 15.4 Å². The van der Waals surface area contributed by atoms with Crippen LogP contribution >= 0.6 is 11.8 Å². The number of hydrogen-bond acceptors (Lipinski definition) is 4. The summed E-state index contributed by atoms with van der Waals surface area (Å²) in [6.45, 7) is 2.83. The predicted octanol–water partition coefficient (Wildman–Crippen LogP) is 4.84. The zero-order chi connectivity index (χ0) is 18.2. The lowest BCUT2D eigenvalue weighted by Gasteiger charge is -2.15. The number of carbonyl (C=O) groups excluding carboxylic acids is 1. The molecule has 0 spiro atoms. The average Bonchev–Trinajstić information content (AvgIpc) is 3.16. The van der Waals surface area contributed by atoms with Crippen molar-refractivity contribution in [2.45, 2.75) is 49.3 Å². The van der Waals surface area contributed by atoms with Crippen LogP contribution in [0.4, 0.5) is 10.5 Å². The van der Waals surface area contributed by atoms with E-state index in [1.54, 1.807) is 6.20 Å². The number of benzene rings is 1. The van der Waals surface area contributed by atoms with Crippen molar-refractivity contribution in [2.75, 3.05) is 11.9 Å². The topological polar surface area (TPSA) is 63.2 Å². The van der Waals surface area contributed by atoms with Gasteiger partial charge in [0.1, 0.15) is 0 Å². The van der Waals surface area contributed by atoms with Crippen LogP contribution in [-0.4, -0.2) is 22.9 Å². The zero-order valence-electron chi connectivity index (χ0n) is 15.0. The van der Waals surface area contributed by atoms with E-state index in [1.165, 1.54) is 25.7 Å². The monoisotopic (exact) mass is 371 g/mol. The lowest BCUT2D eigenvalue weighted by atomic mass is 10.2. The summed E-state index contributed by atoms with van der Waals surface area (Å²) in [5.74, 6) is 0.562. The Morgan fingerprint density at radius 1 is 1.23 bits per heavy atom. The van der Waals surface area contributed by atoms with Gasteiger partial charge in [0.2, 0.25) is 5.88 Å². The van der Waals surface area contributed by atoms with Crippen LogP contribution in [0.1, 0.15) is 38.2 Å². The summed E-state index contributed by atoms with van der Waals surface area (Å²) in [4.78, 5) is 17.7. The molecular formula is C20H25N3O2S. The highest BCUT2D eigenvalue weighted by atomic mass is 32.2. The van der Waals surface area contributed by atoms with Crippen LogP contribution in [0.5, 0.6) is 5.88 Å². The Morgan fingerprint density at radius 3 is 2.85 bits per heavy atom. The molecule has 2 aromatic rings. The summed E-state index contributed by atoms with van der Waals surface area (Å²) in [6, 6.07) is 11.5. The van der Waals surface area contributed by atoms with E-state index in [4.69, 9.17) is 4.74 Å². The summed E-state index contributed by atoms with van der Waals surface area (Å²) in [5.41, 5.74) is 1.72. The molecule has 1 aromatic carbocycles. The number of pyridine rings is 1. The zero-order valence-corrected chi connectivity index (χ0v) is 15.8. The maximum Gasteiger partial charge on any atom is 0.319 e. The molecule has 0 atom stereocenters. The first kappa shape index (κ1) is 18.6. The Bertz CT molecular complexity index is 733. The Morgan fingerprint density at radius 2 is 2.04 bits per heavy atom. The molecule has 1 aliphatic carbocycles. The molecule has 138 valence electrons. The van der Waals surface area contributed by atoms with Crippen LogP contribution < -0.4 is 15.4 Å². The molecule has 6 heteroatoms. The molecule has 1 aliphatic rings. The number of para-hydroxylation sites is 1. The van der Waals surface area contributed by atoms with E-state index in [9.17, 15) is 4.79 Å². The number of thioether (sulfide) groups is 1. The summed E-state index contributed by atoms with van der Waals surface area (Å²) in [6.07, 6.45) is 6.81. The maximum absolute atomic E-state index is 12.4. The van der Waals surface area contributed by atoms with Gasteiger partial charge in [-0.25, -0.2) is 9.78 Å². The van der Waals surface area contributed by atoms with Crippen LogP contribution in [0, 0.1) is 0 Å². The van der Waals surface area contributed by atoms with Crippen LogP contribution in [0.2, 0.25) is 0 Å². The number of amides is 2. The Labute approximate surface area is 158 Å². The second-order valence-corrected chi connectivity index (χ2v) is 7.57. The number of carbonyl (C=O) groups is 1. The molecular weight excluding hydrogens is 346 g/mol. The highest BCUT2D eigenvalue weighted by Gasteiger charge is 2.18. The van der Waals surface area contributed by atoms with E-state index in [-0.39, 0.29) is 6.03 Å². The van der Waals surface area contributed by atoms with Gasteiger partial charge in [0.05, 0.1) is 12.3 Å². The summed E-state index contributed by atoms with van der Waals surface area (Å²) in [5, 5.41) is 6.52. The smallest absolute Gasteiger partial charge is 0.319 e. The van der Waals surface area contributed by atoms with Gasteiger partial charge in [-0.2, -0.15) is 0 Å². The van der Waals surface area contributed by atoms with Crippen molar-refractivity contribution in [3.8, 4) is 5.88 Å². The minimum Gasteiger partial charge on any atom is -0.478 e. The molecule has 0 radical (unpaired) electrons. The van der Waals surface area contributed by atoms with Gasteiger partial charge in [0.15, 0.2) is 0 Å². The molecule has 1 fully saturated rings. The van der Waals surface area contributed by atoms with Gasteiger partial charge in [-0.05, 0) is 38.0 Å². The molecule has 2 N–H and O–H groups in total. The van der Waals surface area contributed by atoms with E-state index in [2.05, 4.69) is 21.7 Å². The Hall–Kier alpha value is -2.21. The lowest BCUT2D eigenvalue weighted by molar-refractivity contribution is 0.251. The van der Waals surface area contributed by atoms with Gasteiger partial charge in [-0.3, -0.25) is 0 Å². The first-order chi connectivity index (χ1) is 12.8. The second kappa shape index (κ2) is 9.48. The number of rotatable bonds is 7. The van der Waals surface area contributed by atoms with Crippen molar-refractivity contribution in [1.82, 2.24) is 10.3 Å². The summed E-state index contributed by atoms with van der Waals surface area (Å²) < 4.78 is 5.49. The highest BCUT2D eigenvalue weighted by molar-refractivity contribution is 8.00. The SMILES string of the molecule is CCOc1ncccc1CNC(=O)Nc1ccccc1SC1CCCC1. The van der Waals surface area contributed by atoms with Crippen LogP contribution in [-0.2, 0) is 6.54 Å². The lowest BCUT2D eigenvalue weighted by Crippen LogP contribution is -2.28. The van der Waals surface area contributed by atoms with E-state index in [0.717, 1.165) is 16.1 Å². The van der Waals surface area contributed by atoms with Crippen molar-refractivity contribution in [3.05, 3.63) is 48.2 Å². The second-order valence-electron chi connectivity index (χ2n) is 6.23. The summed E-state index contributed by atoms with van der Waals surface area (Å²) in [7, 11) is 0. The van der Waals surface area contributed by atoms with Gasteiger partial charge >= 0.3 is 6.03 Å². The third-order valence-corrected chi connectivity index (χ3v) is 5.72. The van der Waals surface area contributed by atoms with Crippen molar-refractivity contribution < 1.29 is 9.53 Å². The number of anilines is 1. The van der Waals surface area contributed by atoms with E-state index >= 15 is 0 Å². The van der Waals surface area contributed by atoms with Crippen LogP contribution in [0.15, 0.2) is 47.5 Å². The first-order valence-electron chi connectivity index (χ1n) is 9.13. The molecule has 0 saturated heterocycles. The third-order valence-electron chi connectivity index (χ3n) is 4.30. The third kappa shape index (κ3) is 5.14. The Kier molecular flexibility index (Phi) is 6.77. The highest BCUT2D eigenvalue weighted by Crippen LogP contribution is 2.37. The molecule has 26 heavy (non-hydrogen) atoms. The van der Waals surface area contributed by atoms with Crippen molar-refractivity contribution in [2.24, 2.45) is 0 Å². The fourth-order valence-electron chi connectivity index (χ4n) is 3.03. The van der Waals surface area contributed by atoms with Gasteiger partial charge in [-0.1, -0.05) is 31.0 Å².